The molecule has 1 aromatic carbocycles. The van der Waals surface area contributed by atoms with E-state index >= 15 is 0 Å². The van der Waals surface area contributed by atoms with Crippen molar-refractivity contribution >= 4 is 0 Å². The third kappa shape index (κ3) is 3.90. The van der Waals surface area contributed by atoms with Crippen LogP contribution in [-0.4, -0.2) is 49.9 Å². The molecule has 0 saturated carbocycles. The third-order valence-electron chi connectivity index (χ3n) is 3.85. The summed E-state index contributed by atoms with van der Waals surface area (Å²) in [6.07, 6.45) is 1.04. The first-order valence-electron chi connectivity index (χ1n) is 7.26. The molecule has 0 bridgehead atoms. The molecule has 4 nitrogen and oxygen atoms in total. The van der Waals surface area contributed by atoms with Gasteiger partial charge in [-0.15, -0.1) is 0 Å². The molecular weight excluding hydrogens is 278 g/mol. The van der Waals surface area contributed by atoms with Crippen LogP contribution in [0, 0.1) is 11.6 Å². The summed E-state index contributed by atoms with van der Waals surface area (Å²) in [5.41, 5.74) is 0.0751. The number of hydrogen-bond donors (Lipinski definition) is 2. The van der Waals surface area contributed by atoms with Gasteiger partial charge in [-0.2, -0.15) is 0 Å². The fourth-order valence-electron chi connectivity index (χ4n) is 2.79. The van der Waals surface area contributed by atoms with Crippen molar-refractivity contribution in [2.75, 3.05) is 39.9 Å². The average molecular weight is 300 g/mol. The molecule has 1 aromatic rings. The van der Waals surface area contributed by atoms with Crippen molar-refractivity contribution in [2.45, 2.75) is 18.9 Å². The molecule has 1 atom stereocenters. The molecule has 0 spiro atoms. The number of aliphatic hydroxyl groups excluding tert-OH is 1. The SMILES string of the molecule is COc1cc(F)c([C@H](CCCO)N2CCNCC2)c(F)c1. The molecule has 1 fully saturated rings. The van der Waals surface area contributed by atoms with Gasteiger partial charge in [-0.3, -0.25) is 4.90 Å². The Morgan fingerprint density at radius 2 is 1.90 bits per heavy atom. The number of aliphatic hydroxyl groups is 1. The third-order valence-corrected chi connectivity index (χ3v) is 3.85. The molecule has 0 aromatic heterocycles. The van der Waals surface area contributed by atoms with Crippen LogP contribution in [0.25, 0.3) is 0 Å². The zero-order chi connectivity index (χ0) is 15.2. The smallest absolute Gasteiger partial charge is 0.134 e. The van der Waals surface area contributed by atoms with Crippen LogP contribution < -0.4 is 10.1 Å². The van der Waals surface area contributed by atoms with Crippen LogP contribution in [0.15, 0.2) is 12.1 Å². The average Bonchev–Trinajstić information content (AvgIpc) is 2.50. The lowest BCUT2D eigenvalue weighted by Crippen LogP contribution is -2.45. The number of methoxy groups -OCH3 is 1. The van der Waals surface area contributed by atoms with E-state index in [9.17, 15) is 8.78 Å². The minimum atomic E-state index is -0.590. The molecule has 1 saturated heterocycles. The summed E-state index contributed by atoms with van der Waals surface area (Å²) in [6.45, 7) is 3.09. The van der Waals surface area contributed by atoms with Gasteiger partial charge in [0.25, 0.3) is 0 Å². The van der Waals surface area contributed by atoms with Gasteiger partial charge in [0.15, 0.2) is 0 Å². The highest BCUT2D eigenvalue weighted by molar-refractivity contribution is 5.32. The van der Waals surface area contributed by atoms with Crippen molar-refractivity contribution < 1.29 is 18.6 Å². The van der Waals surface area contributed by atoms with E-state index in [1.54, 1.807) is 0 Å². The first-order valence-corrected chi connectivity index (χ1v) is 7.26. The summed E-state index contributed by atoms with van der Waals surface area (Å²) in [5, 5.41) is 12.3. The molecule has 0 amide bonds. The Morgan fingerprint density at radius 1 is 1.29 bits per heavy atom. The Bertz CT molecular complexity index is 442. The van der Waals surface area contributed by atoms with E-state index in [1.165, 1.54) is 19.2 Å². The highest BCUT2D eigenvalue weighted by Gasteiger charge is 2.27. The zero-order valence-corrected chi connectivity index (χ0v) is 12.2. The van der Waals surface area contributed by atoms with Crippen molar-refractivity contribution in [1.29, 1.82) is 0 Å². The molecular formula is C15H22F2N2O2. The Morgan fingerprint density at radius 3 is 2.43 bits per heavy atom. The van der Waals surface area contributed by atoms with Crippen LogP contribution in [0.1, 0.15) is 24.4 Å². The Hall–Kier alpha value is -1.24. The highest BCUT2D eigenvalue weighted by atomic mass is 19.1. The van der Waals surface area contributed by atoms with Gasteiger partial charge in [0.1, 0.15) is 17.4 Å². The predicted octanol–water partition coefficient (Wildman–Crippen LogP) is 1.69. The van der Waals surface area contributed by atoms with E-state index < -0.39 is 11.6 Å². The van der Waals surface area contributed by atoms with Crippen LogP contribution in [0.2, 0.25) is 0 Å². The maximum absolute atomic E-state index is 14.3. The number of nitrogens with zero attached hydrogens (tertiary/aromatic N) is 1. The second-order valence-electron chi connectivity index (χ2n) is 5.17. The minimum Gasteiger partial charge on any atom is -0.497 e. The van der Waals surface area contributed by atoms with Crippen LogP contribution in [-0.2, 0) is 0 Å². The largest absolute Gasteiger partial charge is 0.497 e. The van der Waals surface area contributed by atoms with Gasteiger partial charge in [0, 0.05) is 56.5 Å². The molecule has 1 aliphatic rings. The monoisotopic (exact) mass is 300 g/mol. The summed E-state index contributed by atoms with van der Waals surface area (Å²) in [5.74, 6) is -1.00. The first-order chi connectivity index (χ1) is 10.2. The molecule has 118 valence electrons. The van der Waals surface area contributed by atoms with Gasteiger partial charge >= 0.3 is 0 Å². The Labute approximate surface area is 123 Å². The molecule has 0 unspecified atom stereocenters. The maximum atomic E-state index is 14.3. The lowest BCUT2D eigenvalue weighted by molar-refractivity contribution is 0.148. The van der Waals surface area contributed by atoms with E-state index in [-0.39, 0.29) is 24.0 Å². The molecule has 1 aliphatic heterocycles. The number of piperazine rings is 1. The van der Waals surface area contributed by atoms with Gasteiger partial charge in [0.05, 0.1) is 7.11 Å². The lowest BCUT2D eigenvalue weighted by Gasteiger charge is -2.35. The normalized spacial score (nSPS) is 17.7. The van der Waals surface area contributed by atoms with Crippen LogP contribution in [0.4, 0.5) is 8.78 Å². The van der Waals surface area contributed by atoms with Crippen LogP contribution in [0.3, 0.4) is 0 Å². The summed E-state index contributed by atoms with van der Waals surface area (Å²) >= 11 is 0. The predicted molar refractivity (Wildman–Crippen MR) is 76.4 cm³/mol. The van der Waals surface area contributed by atoms with Crippen molar-refractivity contribution in [3.63, 3.8) is 0 Å². The summed E-state index contributed by atoms with van der Waals surface area (Å²) in [7, 11) is 1.38. The molecule has 0 aliphatic carbocycles. The molecule has 2 rings (SSSR count). The molecule has 0 radical (unpaired) electrons. The summed E-state index contributed by atoms with van der Waals surface area (Å²) in [6, 6.07) is 2.07. The molecule has 1 heterocycles. The van der Waals surface area contributed by atoms with E-state index in [0.717, 1.165) is 26.2 Å². The Balaban J connectivity index is 2.30. The second-order valence-corrected chi connectivity index (χ2v) is 5.17. The van der Waals surface area contributed by atoms with E-state index in [2.05, 4.69) is 10.2 Å². The number of nitrogens with one attached hydrogen (secondary N) is 1. The quantitative estimate of drug-likeness (QED) is 0.839. The van der Waals surface area contributed by atoms with Gasteiger partial charge in [-0.25, -0.2) is 8.78 Å². The Kier molecular flexibility index (Phi) is 5.90. The number of ether oxygens (including phenoxy) is 1. The fraction of sp³-hybridized carbons (Fsp3) is 0.600. The van der Waals surface area contributed by atoms with E-state index in [0.29, 0.717) is 12.8 Å². The van der Waals surface area contributed by atoms with Crippen molar-refractivity contribution in [3.8, 4) is 5.75 Å². The van der Waals surface area contributed by atoms with E-state index in [4.69, 9.17) is 9.84 Å². The highest BCUT2D eigenvalue weighted by Crippen LogP contribution is 2.32. The number of hydrogen-bond acceptors (Lipinski definition) is 4. The number of rotatable bonds is 6. The number of benzene rings is 1. The van der Waals surface area contributed by atoms with Gasteiger partial charge in [-0.1, -0.05) is 0 Å². The summed E-state index contributed by atoms with van der Waals surface area (Å²) < 4.78 is 33.5. The number of halogens is 2. The molecule has 2 N–H and O–H groups in total. The zero-order valence-electron chi connectivity index (χ0n) is 12.2. The van der Waals surface area contributed by atoms with E-state index in [1.807, 2.05) is 0 Å². The standard InChI is InChI=1S/C15H22F2N2O2/c1-21-11-9-12(16)15(13(17)10-11)14(3-2-8-20)19-6-4-18-5-7-19/h9-10,14,18,20H,2-8H2,1H3/t14-/m0/s1. The molecule has 21 heavy (non-hydrogen) atoms. The van der Waals surface area contributed by atoms with Gasteiger partial charge < -0.3 is 15.2 Å². The van der Waals surface area contributed by atoms with Crippen LogP contribution in [0.5, 0.6) is 5.75 Å². The molecule has 6 heteroatoms. The topological polar surface area (TPSA) is 44.7 Å². The van der Waals surface area contributed by atoms with Crippen molar-refractivity contribution in [1.82, 2.24) is 10.2 Å². The summed E-state index contributed by atoms with van der Waals surface area (Å²) in [4.78, 5) is 2.07. The first kappa shape index (κ1) is 16.1. The lowest BCUT2D eigenvalue weighted by atomic mass is 9.98. The maximum Gasteiger partial charge on any atom is 0.134 e. The second kappa shape index (κ2) is 7.68. The van der Waals surface area contributed by atoms with Crippen molar-refractivity contribution in [2.24, 2.45) is 0 Å². The van der Waals surface area contributed by atoms with Gasteiger partial charge in [-0.05, 0) is 12.8 Å². The minimum absolute atomic E-state index is 0.0159. The van der Waals surface area contributed by atoms with Crippen molar-refractivity contribution in [3.05, 3.63) is 29.3 Å². The van der Waals surface area contributed by atoms with Crippen LogP contribution >= 0.6 is 0 Å². The fourth-order valence-corrected chi connectivity index (χ4v) is 2.79. The van der Waals surface area contributed by atoms with Gasteiger partial charge in [0.2, 0.25) is 0 Å².